The second-order valence-corrected chi connectivity index (χ2v) is 9.13. The molecule has 1 aliphatic heterocycles. The van der Waals surface area contributed by atoms with Crippen molar-refractivity contribution >= 4 is 6.09 Å². The number of rotatable bonds is 4. The summed E-state index contributed by atoms with van der Waals surface area (Å²) in [5, 5.41) is 20.9. The number of aliphatic hydroxyl groups is 1. The van der Waals surface area contributed by atoms with Gasteiger partial charge in [-0.25, -0.2) is 9.18 Å². The first-order valence-corrected chi connectivity index (χ1v) is 10.7. The molecule has 3 heterocycles. The molecular weight excluding hydrogens is 425 g/mol. The highest BCUT2D eigenvalue weighted by Crippen LogP contribution is 2.40. The van der Waals surface area contributed by atoms with E-state index < -0.39 is 28.5 Å². The van der Waals surface area contributed by atoms with Crippen molar-refractivity contribution in [2.45, 2.75) is 32.4 Å². The molecule has 8 heteroatoms. The zero-order valence-electron chi connectivity index (χ0n) is 18.5. The number of likely N-dealkylation sites (tertiary alicyclic amines) is 1. The van der Waals surface area contributed by atoms with Crippen molar-refractivity contribution < 1.29 is 19.4 Å². The Hall–Kier alpha value is -3.52. The Bertz CT molecular complexity index is 1240. The van der Waals surface area contributed by atoms with E-state index in [1.807, 2.05) is 0 Å². The summed E-state index contributed by atoms with van der Waals surface area (Å²) in [5.74, 6) is -0.451. The van der Waals surface area contributed by atoms with E-state index in [0.717, 1.165) is 0 Å². The van der Waals surface area contributed by atoms with Crippen LogP contribution in [0.5, 0.6) is 0 Å². The number of hydrogen-bond donors (Lipinski definition) is 2. The van der Waals surface area contributed by atoms with Crippen LogP contribution in [0.2, 0.25) is 0 Å². The number of carbonyl (C=O) groups is 1. The molecule has 4 rings (SSSR count). The van der Waals surface area contributed by atoms with Gasteiger partial charge in [0.25, 0.3) is 5.56 Å². The third-order valence-electron chi connectivity index (χ3n) is 6.57. The molecule has 2 aromatic heterocycles. The van der Waals surface area contributed by atoms with Gasteiger partial charge in [0.15, 0.2) is 0 Å². The summed E-state index contributed by atoms with van der Waals surface area (Å²) < 4.78 is 16.0. The molecule has 1 amide bonds. The Balaban J connectivity index is 1.80. The van der Waals surface area contributed by atoms with Gasteiger partial charge >= 0.3 is 6.09 Å². The highest BCUT2D eigenvalue weighted by molar-refractivity contribution is 5.81. The fraction of sp³-hybridized carbons (Fsp3) is 0.320. The fourth-order valence-electron chi connectivity index (χ4n) is 4.43. The molecule has 0 radical (unpaired) electrons. The van der Waals surface area contributed by atoms with Crippen molar-refractivity contribution in [3.05, 3.63) is 77.1 Å². The van der Waals surface area contributed by atoms with E-state index in [4.69, 9.17) is 0 Å². The fourth-order valence-corrected chi connectivity index (χ4v) is 4.43. The number of amides is 1. The predicted octanol–water partition coefficient (Wildman–Crippen LogP) is 3.86. The molecular formula is C25H26FN3O4. The Morgan fingerprint density at radius 3 is 2.48 bits per heavy atom. The van der Waals surface area contributed by atoms with Gasteiger partial charge in [-0.2, -0.15) is 0 Å². The van der Waals surface area contributed by atoms with Gasteiger partial charge in [-0.15, -0.1) is 0 Å². The van der Waals surface area contributed by atoms with Crippen LogP contribution >= 0.6 is 0 Å². The zero-order valence-corrected chi connectivity index (χ0v) is 18.5. The molecule has 1 saturated heterocycles. The lowest BCUT2D eigenvalue weighted by Gasteiger charge is -2.49. The van der Waals surface area contributed by atoms with Crippen LogP contribution in [0.15, 0.2) is 65.7 Å². The predicted molar refractivity (Wildman–Crippen MR) is 122 cm³/mol. The average Bonchev–Trinajstić information content (AvgIpc) is 2.78. The van der Waals surface area contributed by atoms with Crippen LogP contribution in [-0.2, 0) is 6.54 Å². The van der Waals surface area contributed by atoms with Gasteiger partial charge < -0.3 is 19.7 Å². The molecule has 1 fully saturated rings. The summed E-state index contributed by atoms with van der Waals surface area (Å²) >= 11 is 0. The van der Waals surface area contributed by atoms with E-state index in [0.29, 0.717) is 16.8 Å². The molecule has 1 unspecified atom stereocenters. The number of piperidine rings is 1. The molecule has 7 nitrogen and oxygen atoms in total. The monoisotopic (exact) mass is 451 g/mol. The zero-order chi connectivity index (χ0) is 23.8. The molecule has 0 aliphatic carbocycles. The minimum Gasteiger partial charge on any atom is -0.465 e. The molecule has 1 atom stereocenters. The first kappa shape index (κ1) is 22.7. The minimum atomic E-state index is -1.32. The number of hydrogen-bond acceptors (Lipinski definition) is 4. The van der Waals surface area contributed by atoms with E-state index >= 15 is 0 Å². The normalized spacial score (nSPS) is 19.9. The van der Waals surface area contributed by atoms with Crippen LogP contribution < -0.4 is 5.56 Å². The summed E-state index contributed by atoms with van der Waals surface area (Å²) in [6.07, 6.45) is 2.37. The summed E-state index contributed by atoms with van der Waals surface area (Å²) in [4.78, 5) is 30.2. The maximum Gasteiger partial charge on any atom is 0.407 e. The van der Waals surface area contributed by atoms with E-state index in [9.17, 15) is 24.2 Å². The van der Waals surface area contributed by atoms with Gasteiger partial charge in [-0.05, 0) is 24.6 Å². The number of halogens is 1. The van der Waals surface area contributed by atoms with Crippen molar-refractivity contribution in [2.75, 3.05) is 13.1 Å². The lowest BCUT2D eigenvalue weighted by Crippen LogP contribution is -2.60. The first-order chi connectivity index (χ1) is 15.6. The average molecular weight is 451 g/mol. The van der Waals surface area contributed by atoms with Crippen molar-refractivity contribution in [1.82, 2.24) is 14.5 Å². The summed E-state index contributed by atoms with van der Waals surface area (Å²) in [7, 11) is 0. The number of aromatic nitrogens is 2. The number of benzene rings is 1. The van der Waals surface area contributed by atoms with E-state index in [1.54, 1.807) is 62.6 Å². The van der Waals surface area contributed by atoms with Crippen molar-refractivity contribution in [3.8, 4) is 22.4 Å². The molecule has 1 aromatic carbocycles. The van der Waals surface area contributed by atoms with Gasteiger partial charge in [0.1, 0.15) is 5.82 Å². The van der Waals surface area contributed by atoms with Gasteiger partial charge in [0, 0.05) is 53.7 Å². The highest BCUT2D eigenvalue weighted by atomic mass is 19.1. The van der Waals surface area contributed by atoms with E-state index in [-0.39, 0.29) is 31.6 Å². The second kappa shape index (κ2) is 8.44. The molecule has 0 bridgehead atoms. The Kier molecular flexibility index (Phi) is 5.80. The molecule has 172 valence electrons. The molecule has 2 N–H and O–H groups in total. The molecule has 1 aliphatic rings. The van der Waals surface area contributed by atoms with Crippen molar-refractivity contribution in [3.63, 3.8) is 0 Å². The topological polar surface area (TPSA) is 95.7 Å². The smallest absolute Gasteiger partial charge is 0.407 e. The molecule has 33 heavy (non-hydrogen) atoms. The maximum atomic E-state index is 14.6. The quantitative estimate of drug-likeness (QED) is 0.628. The minimum absolute atomic E-state index is 0.0241. The largest absolute Gasteiger partial charge is 0.465 e. The first-order valence-electron chi connectivity index (χ1n) is 10.7. The van der Waals surface area contributed by atoms with Gasteiger partial charge in [-0.1, -0.05) is 38.1 Å². The van der Waals surface area contributed by atoms with Crippen molar-refractivity contribution in [1.29, 1.82) is 0 Å². The lowest BCUT2D eigenvalue weighted by molar-refractivity contribution is -0.123. The summed E-state index contributed by atoms with van der Waals surface area (Å²) in [6, 6.07) is 13.0. The molecule has 0 spiro atoms. The third-order valence-corrected chi connectivity index (χ3v) is 6.57. The summed E-state index contributed by atoms with van der Waals surface area (Å²) in [6.45, 7) is 3.88. The number of carboxylic acid groups (broad SMARTS) is 1. The van der Waals surface area contributed by atoms with E-state index in [1.165, 1.54) is 21.6 Å². The lowest BCUT2D eigenvalue weighted by atomic mass is 9.70. The van der Waals surface area contributed by atoms with Crippen LogP contribution in [0.4, 0.5) is 9.18 Å². The van der Waals surface area contributed by atoms with E-state index in [2.05, 4.69) is 4.98 Å². The summed E-state index contributed by atoms with van der Waals surface area (Å²) in [5.41, 5.74) is -0.669. The van der Waals surface area contributed by atoms with Gasteiger partial charge in [0.05, 0.1) is 17.8 Å². The maximum absolute atomic E-state index is 14.6. The van der Waals surface area contributed by atoms with Crippen LogP contribution in [0.1, 0.15) is 20.3 Å². The highest BCUT2D eigenvalue weighted by Gasteiger charge is 2.49. The van der Waals surface area contributed by atoms with Crippen LogP contribution in [0.3, 0.4) is 0 Å². The number of nitrogens with zero attached hydrogens (tertiary/aromatic N) is 3. The Morgan fingerprint density at radius 2 is 1.85 bits per heavy atom. The van der Waals surface area contributed by atoms with Crippen LogP contribution in [0, 0.1) is 11.2 Å². The van der Waals surface area contributed by atoms with Crippen molar-refractivity contribution in [2.24, 2.45) is 5.41 Å². The standard InChI is InChI=1S/C25H26FN3O4/c1-24(2)15-28(23(31)32)12-10-25(24,33)16-29-14-19(21-9-5-6-11-27-21)18(13-22(29)30)17-7-3-4-8-20(17)26/h3-9,11,13-14,33H,10,12,15-16H2,1-2H3,(H,31,32). The van der Waals surface area contributed by atoms with Gasteiger partial charge in [0.2, 0.25) is 0 Å². The number of pyridine rings is 2. The third kappa shape index (κ3) is 4.26. The Morgan fingerprint density at radius 1 is 1.12 bits per heavy atom. The second-order valence-electron chi connectivity index (χ2n) is 9.13. The van der Waals surface area contributed by atoms with Crippen LogP contribution in [-0.4, -0.2) is 49.4 Å². The molecule has 0 saturated carbocycles. The SMILES string of the molecule is CC1(C)CN(C(=O)O)CCC1(O)Cn1cc(-c2ccccn2)c(-c2ccccc2F)cc1=O. The van der Waals surface area contributed by atoms with Gasteiger partial charge in [-0.3, -0.25) is 9.78 Å². The van der Waals surface area contributed by atoms with Crippen LogP contribution in [0.25, 0.3) is 22.4 Å². The Labute approximate surface area is 190 Å². The molecule has 3 aromatic rings.